The summed E-state index contributed by atoms with van der Waals surface area (Å²) < 4.78 is 0. The Morgan fingerprint density at radius 3 is 1.61 bits per heavy atom. The van der Waals surface area contributed by atoms with Crippen molar-refractivity contribution in [3.63, 3.8) is 0 Å². The molecule has 11 rings (SSSR count). The van der Waals surface area contributed by atoms with Crippen molar-refractivity contribution in [2.24, 2.45) is 0 Å². The maximum atomic E-state index is 2.46. The molecule has 0 saturated carbocycles. The number of hydrogen-bond acceptors (Lipinski definition) is 0. The standard InChI is InChI=1S/C51H34/c1-51(2)45-24-11-10-20-42(45)50-43(23-13-25-46(50)51)49-37-19-9-8-18-36(37)48(41-27-26-32(30-44(41)49)31-14-4-3-5-15-31)40-29-28-39-34-17-7-6-16-33(34)35-21-12-22-38(40)47(35)39/h3-30H,1-2H3. The zero-order chi connectivity index (χ0) is 33.8. The van der Waals surface area contributed by atoms with Gasteiger partial charge in [0.25, 0.3) is 0 Å². The Labute approximate surface area is 298 Å². The highest BCUT2D eigenvalue weighted by atomic mass is 14.4. The van der Waals surface area contributed by atoms with Gasteiger partial charge in [-0.25, -0.2) is 0 Å². The van der Waals surface area contributed by atoms with Gasteiger partial charge >= 0.3 is 0 Å². The quantitative estimate of drug-likeness (QED) is 0.168. The molecule has 0 heterocycles. The number of hydrogen-bond donors (Lipinski definition) is 0. The molecule has 0 aromatic heterocycles. The van der Waals surface area contributed by atoms with Crippen molar-refractivity contribution in [1.82, 2.24) is 0 Å². The highest BCUT2D eigenvalue weighted by molar-refractivity contribution is 6.27. The predicted molar refractivity (Wildman–Crippen MR) is 217 cm³/mol. The first-order valence-electron chi connectivity index (χ1n) is 18.0. The monoisotopic (exact) mass is 646 g/mol. The summed E-state index contributed by atoms with van der Waals surface area (Å²) in [5, 5.41) is 7.80. The number of rotatable bonds is 3. The van der Waals surface area contributed by atoms with Crippen LogP contribution >= 0.6 is 0 Å². The molecule has 9 aromatic carbocycles. The van der Waals surface area contributed by atoms with E-state index >= 15 is 0 Å². The molecule has 0 aliphatic heterocycles. The Hall–Kier alpha value is -6.24. The maximum absolute atomic E-state index is 2.46. The van der Waals surface area contributed by atoms with Gasteiger partial charge in [0.1, 0.15) is 0 Å². The molecule has 0 N–H and O–H groups in total. The zero-order valence-corrected chi connectivity index (χ0v) is 28.7. The Bertz CT molecular complexity index is 2890. The van der Waals surface area contributed by atoms with Gasteiger partial charge in [-0.1, -0.05) is 178 Å². The molecule has 0 spiro atoms. The van der Waals surface area contributed by atoms with Gasteiger partial charge in [0, 0.05) is 5.41 Å². The van der Waals surface area contributed by atoms with Crippen LogP contribution in [0.1, 0.15) is 25.0 Å². The topological polar surface area (TPSA) is 0 Å². The lowest BCUT2D eigenvalue weighted by Gasteiger charge is -2.23. The van der Waals surface area contributed by atoms with Gasteiger partial charge in [-0.2, -0.15) is 0 Å². The normalized spacial score (nSPS) is 13.5. The fourth-order valence-corrected chi connectivity index (χ4v) is 9.56. The van der Waals surface area contributed by atoms with Gasteiger partial charge in [-0.05, 0) is 116 Å². The molecule has 0 fully saturated rings. The number of benzene rings is 9. The second kappa shape index (κ2) is 10.4. The minimum atomic E-state index is -0.0785. The van der Waals surface area contributed by atoms with E-state index < -0.39 is 0 Å². The fraction of sp³-hybridized carbons (Fsp3) is 0.0588. The Balaban J connectivity index is 1.30. The zero-order valence-electron chi connectivity index (χ0n) is 28.7. The minimum Gasteiger partial charge on any atom is -0.0622 e. The molecule has 0 heteroatoms. The molecule has 0 bridgehead atoms. The lowest BCUT2D eigenvalue weighted by Crippen LogP contribution is -2.14. The smallest absolute Gasteiger partial charge is 0.0159 e. The van der Waals surface area contributed by atoms with Gasteiger partial charge in [-0.15, -0.1) is 0 Å². The second-order valence-corrected chi connectivity index (χ2v) is 14.8. The van der Waals surface area contributed by atoms with Crippen LogP contribution in [0, 0.1) is 0 Å². The van der Waals surface area contributed by atoms with E-state index in [9.17, 15) is 0 Å². The van der Waals surface area contributed by atoms with E-state index in [1.165, 1.54) is 110 Å². The third-order valence-corrected chi connectivity index (χ3v) is 11.8. The Morgan fingerprint density at radius 1 is 0.294 bits per heavy atom. The van der Waals surface area contributed by atoms with Crippen molar-refractivity contribution in [3.05, 3.63) is 181 Å². The Morgan fingerprint density at radius 2 is 0.824 bits per heavy atom. The van der Waals surface area contributed by atoms with Crippen molar-refractivity contribution in [2.75, 3.05) is 0 Å². The lowest BCUT2D eigenvalue weighted by molar-refractivity contribution is 0.660. The maximum Gasteiger partial charge on any atom is 0.0159 e. The van der Waals surface area contributed by atoms with Crippen LogP contribution in [0.25, 0.3) is 99.1 Å². The second-order valence-electron chi connectivity index (χ2n) is 14.8. The lowest BCUT2D eigenvalue weighted by atomic mass is 9.80. The summed E-state index contributed by atoms with van der Waals surface area (Å²) in [7, 11) is 0. The van der Waals surface area contributed by atoms with Crippen molar-refractivity contribution in [1.29, 1.82) is 0 Å². The first-order valence-corrected chi connectivity index (χ1v) is 18.0. The van der Waals surface area contributed by atoms with E-state index in [1.54, 1.807) is 0 Å². The van der Waals surface area contributed by atoms with Crippen molar-refractivity contribution < 1.29 is 0 Å². The summed E-state index contributed by atoms with van der Waals surface area (Å²) in [6.45, 7) is 4.75. The summed E-state index contributed by atoms with van der Waals surface area (Å²) in [4.78, 5) is 0. The van der Waals surface area contributed by atoms with Gasteiger partial charge in [-0.3, -0.25) is 0 Å². The van der Waals surface area contributed by atoms with Crippen molar-refractivity contribution in [2.45, 2.75) is 19.3 Å². The third kappa shape index (κ3) is 3.85. The third-order valence-electron chi connectivity index (χ3n) is 11.8. The van der Waals surface area contributed by atoms with E-state index in [-0.39, 0.29) is 5.41 Å². The van der Waals surface area contributed by atoms with Crippen LogP contribution in [0.3, 0.4) is 0 Å². The fourth-order valence-electron chi connectivity index (χ4n) is 9.56. The van der Waals surface area contributed by atoms with E-state index in [0.29, 0.717) is 0 Å². The molecule has 9 aromatic rings. The minimum absolute atomic E-state index is 0.0785. The highest BCUT2D eigenvalue weighted by Crippen LogP contribution is 2.56. The molecule has 0 nitrogen and oxygen atoms in total. The van der Waals surface area contributed by atoms with E-state index in [4.69, 9.17) is 0 Å². The van der Waals surface area contributed by atoms with Crippen LogP contribution in [0.5, 0.6) is 0 Å². The summed E-state index contributed by atoms with van der Waals surface area (Å²) in [6.07, 6.45) is 0. The van der Waals surface area contributed by atoms with Crippen LogP contribution in [-0.2, 0) is 5.41 Å². The summed E-state index contributed by atoms with van der Waals surface area (Å²) in [6, 6.07) is 63.6. The van der Waals surface area contributed by atoms with Gasteiger partial charge in [0.05, 0.1) is 0 Å². The SMILES string of the molecule is CC1(C)c2ccccc2-c2c(-c3c4ccccc4c(-c4ccc5c6c(cccc46)-c4ccccc4-5)c4ccc(-c5ccccc5)cc34)cccc21. The predicted octanol–water partition coefficient (Wildman–Crippen LogP) is 14.1. The van der Waals surface area contributed by atoms with Crippen LogP contribution < -0.4 is 0 Å². The molecule has 2 aliphatic carbocycles. The van der Waals surface area contributed by atoms with Crippen LogP contribution in [-0.4, -0.2) is 0 Å². The first-order chi connectivity index (χ1) is 25.1. The average Bonchev–Trinajstić information content (AvgIpc) is 3.64. The van der Waals surface area contributed by atoms with Crippen molar-refractivity contribution in [3.8, 4) is 66.8 Å². The summed E-state index contributed by atoms with van der Waals surface area (Å²) in [5.41, 5.74) is 18.4. The molecular weight excluding hydrogens is 613 g/mol. The van der Waals surface area contributed by atoms with Gasteiger partial charge in [0.15, 0.2) is 0 Å². The molecule has 238 valence electrons. The molecule has 51 heavy (non-hydrogen) atoms. The molecule has 0 atom stereocenters. The molecule has 0 unspecified atom stereocenters. The number of fused-ring (bicyclic) bond motifs is 8. The largest absolute Gasteiger partial charge is 0.0622 e. The molecule has 0 amide bonds. The molecule has 2 aliphatic rings. The average molecular weight is 647 g/mol. The first kappa shape index (κ1) is 28.6. The molecule has 0 radical (unpaired) electrons. The Kier molecular flexibility index (Phi) is 5.82. The summed E-state index contributed by atoms with van der Waals surface area (Å²) >= 11 is 0. The summed E-state index contributed by atoms with van der Waals surface area (Å²) in [5.74, 6) is 0. The van der Waals surface area contributed by atoms with E-state index in [2.05, 4.69) is 184 Å². The van der Waals surface area contributed by atoms with Crippen LogP contribution in [0.4, 0.5) is 0 Å². The molecule has 0 saturated heterocycles. The van der Waals surface area contributed by atoms with Crippen molar-refractivity contribution >= 4 is 32.3 Å². The molecular formula is C51H34. The van der Waals surface area contributed by atoms with Gasteiger partial charge < -0.3 is 0 Å². The van der Waals surface area contributed by atoms with Crippen LogP contribution in [0.2, 0.25) is 0 Å². The van der Waals surface area contributed by atoms with Crippen LogP contribution in [0.15, 0.2) is 170 Å². The van der Waals surface area contributed by atoms with E-state index in [1.807, 2.05) is 0 Å². The van der Waals surface area contributed by atoms with Gasteiger partial charge in [0.2, 0.25) is 0 Å². The highest BCUT2D eigenvalue weighted by Gasteiger charge is 2.37. The van der Waals surface area contributed by atoms with E-state index in [0.717, 1.165) is 0 Å².